The smallest absolute Gasteiger partial charge is 0.422 e. The van der Waals surface area contributed by atoms with Gasteiger partial charge >= 0.3 is 48.2 Å². The molecule has 0 fully saturated rings. The van der Waals surface area contributed by atoms with E-state index in [1.165, 1.54) is 13.8 Å². The van der Waals surface area contributed by atoms with E-state index in [-0.39, 0.29) is 0 Å². The van der Waals surface area contributed by atoms with Gasteiger partial charge in [-0.25, -0.2) is 31.9 Å². The first-order valence-electron chi connectivity index (χ1n) is 17.1. The Morgan fingerprint density at radius 2 is 0.772 bits per heavy atom. The summed E-state index contributed by atoms with van der Waals surface area (Å²) in [7, 11) is 0. The van der Waals surface area contributed by atoms with Gasteiger partial charge in [-0.1, -0.05) is 20.8 Å². The van der Waals surface area contributed by atoms with Crippen LogP contribution in [-0.4, -0.2) is 98.6 Å². The molecule has 0 aliphatic carbocycles. The lowest BCUT2D eigenvalue weighted by Gasteiger charge is -2.29. The summed E-state index contributed by atoms with van der Waals surface area (Å²) in [6, 6.07) is 0. The number of rotatable bonds is 18. The molecule has 0 amide bonds. The summed E-state index contributed by atoms with van der Waals surface area (Å²) in [6.45, 7) is 12.0. The fourth-order valence-electron chi connectivity index (χ4n) is 2.63. The Morgan fingerprint density at radius 3 is 1.09 bits per heavy atom. The summed E-state index contributed by atoms with van der Waals surface area (Å²) in [5.74, 6) is -12.8. The van der Waals surface area contributed by atoms with Gasteiger partial charge in [0.2, 0.25) is 5.60 Å². The van der Waals surface area contributed by atoms with Crippen molar-refractivity contribution in [2.24, 2.45) is 16.2 Å². The van der Waals surface area contributed by atoms with Crippen LogP contribution in [0.4, 0.5) is 43.9 Å². The third kappa shape index (κ3) is 28.2. The number of hydrogen-bond acceptors (Lipinski definition) is 12. The number of carbonyl (C=O) groups is 6. The largest absolute Gasteiger partial charge is 0.457 e. The fraction of sp³-hybridized carbons (Fsp3) is 0.829. The molecule has 336 valence electrons. The molecule has 0 aromatic carbocycles. The molecule has 22 heteroatoms. The number of carbonyl (C=O) groups excluding carboxylic acids is 6. The third-order valence-electron chi connectivity index (χ3n) is 7.55. The zero-order chi connectivity index (χ0) is 46.1. The van der Waals surface area contributed by atoms with E-state index < -0.39 is 121 Å². The second-order valence-electron chi connectivity index (χ2n) is 15.0. The van der Waals surface area contributed by atoms with Gasteiger partial charge in [0, 0.05) is 6.92 Å². The molecule has 0 saturated heterocycles. The van der Waals surface area contributed by atoms with Crippen molar-refractivity contribution in [2.45, 2.75) is 139 Å². The van der Waals surface area contributed by atoms with E-state index >= 15 is 0 Å². The van der Waals surface area contributed by atoms with Crippen LogP contribution in [0, 0.1) is 16.2 Å². The second-order valence-corrected chi connectivity index (χ2v) is 15.0. The maximum Gasteiger partial charge on any atom is 0.422 e. The van der Waals surface area contributed by atoms with Crippen molar-refractivity contribution in [2.75, 3.05) is 33.0 Å². The minimum atomic E-state index is -5.08. The SMILES string of the molecule is CCC(C)(C)C(=O)OC(C)(C)C(=O)OCC(C)(F)F.CCC(C)(C)C(=O)OCC(=O)OCC(F)(F)CC(F)(F)F.CCC(C)(C)C(=O)OCC(=O)OCC(F)(F)F. The Hall–Kier alpha value is -3.88. The van der Waals surface area contributed by atoms with Gasteiger partial charge in [-0.3, -0.25) is 14.4 Å². The third-order valence-corrected chi connectivity index (χ3v) is 7.55. The number of hydrogen-bond donors (Lipinski definition) is 0. The van der Waals surface area contributed by atoms with Crippen LogP contribution in [0.1, 0.15) is 109 Å². The highest BCUT2D eigenvalue weighted by Crippen LogP contribution is 2.32. The predicted octanol–water partition coefficient (Wildman–Crippen LogP) is 8.11. The van der Waals surface area contributed by atoms with Crippen LogP contribution in [0.3, 0.4) is 0 Å². The number of halogens is 10. The minimum absolute atomic E-state index is 0.421. The van der Waals surface area contributed by atoms with Crippen LogP contribution in [0.25, 0.3) is 0 Å². The summed E-state index contributed by atoms with van der Waals surface area (Å²) in [6.07, 6.45) is -10.6. The van der Waals surface area contributed by atoms with Crippen LogP contribution in [0.5, 0.6) is 0 Å². The highest BCUT2D eigenvalue weighted by atomic mass is 19.4. The van der Waals surface area contributed by atoms with Crippen molar-refractivity contribution in [3.05, 3.63) is 0 Å². The number of ether oxygens (including phenoxy) is 6. The first-order valence-corrected chi connectivity index (χ1v) is 17.1. The van der Waals surface area contributed by atoms with Crippen LogP contribution >= 0.6 is 0 Å². The maximum absolute atomic E-state index is 12.8. The van der Waals surface area contributed by atoms with E-state index in [1.54, 1.807) is 55.4 Å². The molecule has 0 spiro atoms. The molecule has 0 bridgehead atoms. The van der Waals surface area contributed by atoms with Crippen LogP contribution in [0.2, 0.25) is 0 Å². The molecule has 12 nitrogen and oxygen atoms in total. The lowest BCUT2D eigenvalue weighted by molar-refractivity contribution is -0.204. The monoisotopic (exact) mass is 856 g/mol. The molecular weight excluding hydrogens is 802 g/mol. The molecule has 0 unspecified atom stereocenters. The van der Waals surface area contributed by atoms with Crippen molar-refractivity contribution in [1.82, 2.24) is 0 Å². The van der Waals surface area contributed by atoms with Gasteiger partial charge in [0.1, 0.15) is 6.42 Å². The first kappa shape index (κ1) is 57.4. The summed E-state index contributed by atoms with van der Waals surface area (Å²) in [5.41, 5.74) is -3.97. The molecular formula is C35H54F10O12. The van der Waals surface area contributed by atoms with Gasteiger partial charge in [0.05, 0.1) is 16.2 Å². The highest BCUT2D eigenvalue weighted by molar-refractivity contribution is 5.84. The summed E-state index contributed by atoms with van der Waals surface area (Å²) >= 11 is 0. The molecule has 0 atom stereocenters. The van der Waals surface area contributed by atoms with Crippen molar-refractivity contribution >= 4 is 35.8 Å². The number of alkyl halides is 10. The first-order chi connectivity index (χ1) is 25.2. The maximum atomic E-state index is 12.8. The Balaban J connectivity index is -0.000000772. The van der Waals surface area contributed by atoms with E-state index in [0.717, 1.165) is 0 Å². The van der Waals surface area contributed by atoms with Crippen LogP contribution in [0.15, 0.2) is 0 Å². The zero-order valence-electron chi connectivity index (χ0n) is 34.0. The van der Waals surface area contributed by atoms with Gasteiger partial charge in [0.25, 0.3) is 11.8 Å². The van der Waals surface area contributed by atoms with Gasteiger partial charge in [-0.15, -0.1) is 0 Å². The molecule has 0 aromatic rings. The summed E-state index contributed by atoms with van der Waals surface area (Å²) in [4.78, 5) is 68.2. The highest BCUT2D eigenvalue weighted by Gasteiger charge is 2.45. The van der Waals surface area contributed by atoms with E-state index in [0.29, 0.717) is 26.2 Å². The molecule has 0 N–H and O–H groups in total. The molecule has 0 saturated carbocycles. The molecule has 0 aliphatic rings. The van der Waals surface area contributed by atoms with Gasteiger partial charge in [0.15, 0.2) is 33.0 Å². The van der Waals surface area contributed by atoms with E-state index in [2.05, 4.69) is 23.7 Å². The van der Waals surface area contributed by atoms with Crippen molar-refractivity contribution in [3.8, 4) is 0 Å². The van der Waals surface area contributed by atoms with E-state index in [1.807, 2.05) is 6.92 Å². The average molecular weight is 857 g/mol. The second kappa shape index (κ2) is 22.9. The molecule has 57 heavy (non-hydrogen) atoms. The average Bonchev–Trinajstić information content (AvgIpc) is 3.04. The standard InChI is InChI=1S/C13H22F2O4.C12H17F5O4.C10H15F3O4/c1-7-11(2,3)9(16)19-12(4,5)10(17)18-8-13(6,14)15;1-4-10(2,3)9(19)20-5-8(18)21-7-11(13,14)6-12(15,16)17;1-4-9(2,3)8(15)16-5-7(14)17-6-10(11,12)13/h7-8H2,1-6H3;4-7H2,1-3H3;4-6H2,1-3H3. The summed E-state index contributed by atoms with van der Waals surface area (Å²) < 4.78 is 148. The van der Waals surface area contributed by atoms with Gasteiger partial charge < -0.3 is 28.4 Å². The van der Waals surface area contributed by atoms with Crippen molar-refractivity contribution in [1.29, 1.82) is 0 Å². The quantitative estimate of drug-likeness (QED) is 0.0742. The summed E-state index contributed by atoms with van der Waals surface area (Å²) in [5, 5.41) is 0. The Morgan fingerprint density at radius 1 is 0.421 bits per heavy atom. The number of esters is 6. The normalized spacial score (nSPS) is 12.7. The minimum Gasteiger partial charge on any atom is -0.457 e. The van der Waals surface area contributed by atoms with Crippen LogP contribution < -0.4 is 0 Å². The van der Waals surface area contributed by atoms with E-state index in [4.69, 9.17) is 4.74 Å². The van der Waals surface area contributed by atoms with Gasteiger partial charge in [-0.05, 0) is 74.7 Å². The predicted molar refractivity (Wildman–Crippen MR) is 179 cm³/mol. The molecule has 0 aromatic heterocycles. The topological polar surface area (TPSA) is 158 Å². The van der Waals surface area contributed by atoms with Crippen molar-refractivity contribution < 1.29 is 101 Å². The zero-order valence-corrected chi connectivity index (χ0v) is 34.0. The lowest BCUT2D eigenvalue weighted by atomic mass is 9.90. The molecule has 0 radical (unpaired) electrons. The fourth-order valence-corrected chi connectivity index (χ4v) is 2.63. The molecule has 0 rings (SSSR count). The molecule has 0 heterocycles. The Labute approximate surface area is 324 Å². The molecule has 0 aliphatic heterocycles. The van der Waals surface area contributed by atoms with Gasteiger partial charge in [-0.2, -0.15) is 26.3 Å². The van der Waals surface area contributed by atoms with Crippen molar-refractivity contribution in [3.63, 3.8) is 0 Å². The Kier molecular flexibility index (Phi) is 23.1. The van der Waals surface area contributed by atoms with Crippen LogP contribution in [-0.2, 0) is 57.2 Å². The Bertz CT molecular complexity index is 1320. The van der Waals surface area contributed by atoms with E-state index in [9.17, 15) is 72.7 Å². The lowest BCUT2D eigenvalue weighted by Crippen LogP contribution is -2.43.